The van der Waals surface area contributed by atoms with Gasteiger partial charge in [0, 0.05) is 10.8 Å². The minimum atomic E-state index is -1.87. The lowest BCUT2D eigenvalue weighted by molar-refractivity contribution is -0.394. The van der Waals surface area contributed by atoms with E-state index in [1.807, 2.05) is 0 Å². The minimum Gasteiger partial charge on any atom is -0.394 e. The molecule has 0 aromatic carbocycles. The van der Waals surface area contributed by atoms with Gasteiger partial charge in [-0.3, -0.25) is 0 Å². The summed E-state index contributed by atoms with van der Waals surface area (Å²) in [4.78, 5) is 0. The Kier molecular flexibility index (Phi) is 15.0. The zero-order chi connectivity index (χ0) is 53.6. The predicted molar refractivity (Wildman–Crippen MR) is 255 cm³/mol. The monoisotopic (exact) mass is 1060 g/mol. The van der Waals surface area contributed by atoms with Crippen molar-refractivity contribution in [1.29, 1.82) is 0 Å². The Hall–Kier alpha value is -0.840. The Morgan fingerprint density at radius 1 is 0.514 bits per heavy atom. The van der Waals surface area contributed by atoms with Gasteiger partial charge in [-0.2, -0.15) is 0 Å². The molecule has 10 fully saturated rings. The Morgan fingerprint density at radius 2 is 1.11 bits per heavy atom. The summed E-state index contributed by atoms with van der Waals surface area (Å²) in [5.74, 6) is 0.795. The highest BCUT2D eigenvalue weighted by molar-refractivity contribution is 5.28. The molecule has 5 aliphatic heterocycles. The molecule has 10 aliphatic rings. The average Bonchev–Trinajstić information content (AvgIpc) is 3.63. The molecule has 12 N–H and O–H groups in total. The van der Waals surface area contributed by atoms with E-state index in [4.69, 9.17) is 42.6 Å². The van der Waals surface area contributed by atoms with Crippen molar-refractivity contribution in [2.75, 3.05) is 26.4 Å². The maximum absolute atomic E-state index is 12.4. The van der Waals surface area contributed by atoms with E-state index >= 15 is 0 Å². The number of hydrogen-bond donors (Lipinski definition) is 12. The smallest absolute Gasteiger partial charge is 0.187 e. The van der Waals surface area contributed by atoms with Crippen LogP contribution in [0.25, 0.3) is 0 Å². The highest BCUT2D eigenvalue weighted by Crippen LogP contribution is 2.80. The molecule has 426 valence electrons. The minimum absolute atomic E-state index is 0.124. The second-order valence-corrected chi connectivity index (χ2v) is 26.6. The third-order valence-electron chi connectivity index (χ3n) is 22.2. The average molecular weight is 1060 g/mol. The fourth-order valence-corrected chi connectivity index (χ4v) is 17.6. The van der Waals surface area contributed by atoms with Crippen LogP contribution in [-0.4, -0.2) is 222 Å². The molecule has 21 nitrogen and oxygen atoms in total. The molecule has 5 saturated carbocycles. The van der Waals surface area contributed by atoms with E-state index in [1.54, 1.807) is 0 Å². The molecule has 21 heteroatoms. The number of ether oxygens (including phenoxy) is 9. The Morgan fingerprint density at radius 3 is 1.77 bits per heavy atom. The van der Waals surface area contributed by atoms with Gasteiger partial charge in [0.25, 0.3) is 0 Å². The first-order valence-electron chi connectivity index (χ1n) is 27.5. The second kappa shape index (κ2) is 19.7. The van der Waals surface area contributed by atoms with Crippen molar-refractivity contribution in [1.82, 2.24) is 0 Å². The third-order valence-corrected chi connectivity index (χ3v) is 22.2. The van der Waals surface area contributed by atoms with Gasteiger partial charge >= 0.3 is 0 Å². The van der Waals surface area contributed by atoms with Crippen LogP contribution in [0.2, 0.25) is 0 Å². The Bertz CT molecular complexity index is 2000. The summed E-state index contributed by atoms with van der Waals surface area (Å²) in [6.07, 6.45) is -22.7. The first-order valence-corrected chi connectivity index (χ1v) is 27.5. The molecular weight excluding hydrogens is 973 g/mol. The molecule has 5 heterocycles. The van der Waals surface area contributed by atoms with E-state index < -0.39 is 154 Å². The lowest BCUT2D eigenvalue weighted by Gasteiger charge is -2.75. The van der Waals surface area contributed by atoms with Crippen LogP contribution in [0, 0.1) is 50.2 Å². The van der Waals surface area contributed by atoms with E-state index in [0.29, 0.717) is 24.9 Å². The van der Waals surface area contributed by atoms with Gasteiger partial charge in [0.2, 0.25) is 0 Å². The number of hydrogen-bond acceptors (Lipinski definition) is 21. The maximum Gasteiger partial charge on any atom is 0.187 e. The fraction of sp³-hybridized carbons (Fsp3) is 1.00. The molecule has 10 rings (SSSR count). The van der Waals surface area contributed by atoms with Gasteiger partial charge in [0.1, 0.15) is 85.5 Å². The maximum atomic E-state index is 12.4. The van der Waals surface area contributed by atoms with E-state index in [-0.39, 0.29) is 38.6 Å². The second-order valence-electron chi connectivity index (χ2n) is 26.6. The highest BCUT2D eigenvalue weighted by atomic mass is 16.8. The van der Waals surface area contributed by atoms with Gasteiger partial charge in [-0.05, 0) is 111 Å². The number of aliphatic hydroxyl groups is 12. The van der Waals surface area contributed by atoms with Gasteiger partial charge in [-0.15, -0.1) is 0 Å². The molecule has 5 aliphatic carbocycles. The quantitative estimate of drug-likeness (QED) is 0.121. The van der Waals surface area contributed by atoms with Crippen LogP contribution in [0.5, 0.6) is 0 Å². The summed E-state index contributed by atoms with van der Waals surface area (Å²) in [6, 6.07) is 0. The standard InChI is InChI=1S/C53H88O21/c1-23-32(57)36(61)39(64)43(68-23)74-42-38(63)34(59)25(20-55)70-46(42)71-26-21-66-45(41(35(26)60)73-44-40(65)37(62)33(58)24(19-54)69-44)72-31-11-12-49(6)27(48(31,4)5)9-13-50(7)28(49)10-14-53-29-17-47(2,3)15-16-52(29,22-67-53)30(56)18-51(50,53)8/h23-46,54-65H,9-22H2,1-8H3/t23-,24+,25+,26-,27?,28?,29?,30+,31-,32-,33+,34+,35-,36+,37-,38-,39+,40+,41+,42+,43-,44-,45-,46-,49-,50+,51-,52+,53-/m0/s1. The molecule has 0 aromatic rings. The van der Waals surface area contributed by atoms with Crippen LogP contribution in [0.4, 0.5) is 0 Å². The van der Waals surface area contributed by atoms with Gasteiger partial charge in [-0.1, -0.05) is 48.5 Å². The molecule has 1 spiro atoms. The Labute approximate surface area is 433 Å². The first-order chi connectivity index (χ1) is 34.6. The third kappa shape index (κ3) is 8.40. The van der Waals surface area contributed by atoms with E-state index in [9.17, 15) is 61.3 Å². The largest absolute Gasteiger partial charge is 0.394 e. The lowest BCUT2D eigenvalue weighted by atomic mass is 9.30. The van der Waals surface area contributed by atoms with Gasteiger partial charge in [0.05, 0.1) is 50.3 Å². The predicted octanol–water partition coefficient (Wildman–Crippen LogP) is -0.684. The highest BCUT2D eigenvalue weighted by Gasteiger charge is 2.80. The molecule has 5 saturated heterocycles. The van der Waals surface area contributed by atoms with Crippen LogP contribution in [-0.2, 0) is 42.6 Å². The normalized spacial score (nSPS) is 57.9. The summed E-state index contributed by atoms with van der Waals surface area (Å²) in [5, 5.41) is 131. The zero-order valence-corrected chi connectivity index (χ0v) is 44.3. The summed E-state index contributed by atoms with van der Waals surface area (Å²) in [6.45, 7) is 16.7. The Balaban J connectivity index is 0.902. The fourth-order valence-electron chi connectivity index (χ4n) is 17.6. The molecule has 0 radical (unpaired) electrons. The van der Waals surface area contributed by atoms with Crippen molar-refractivity contribution < 1.29 is 104 Å². The van der Waals surface area contributed by atoms with Crippen LogP contribution in [0.3, 0.4) is 0 Å². The zero-order valence-electron chi connectivity index (χ0n) is 44.3. The number of aliphatic hydroxyl groups excluding tert-OH is 12. The summed E-state index contributed by atoms with van der Waals surface area (Å²) in [5.41, 5.74) is -1.31. The lowest BCUT2D eigenvalue weighted by Crippen LogP contribution is -2.74. The molecule has 0 aromatic heterocycles. The number of rotatable bonds is 10. The molecule has 29 atom stereocenters. The first kappa shape index (κ1) is 56.4. The van der Waals surface area contributed by atoms with Crippen molar-refractivity contribution in [2.45, 2.75) is 254 Å². The molecular formula is C53H88O21. The van der Waals surface area contributed by atoms with Crippen LogP contribution < -0.4 is 0 Å². The number of fused-ring (bicyclic) bond motifs is 4. The summed E-state index contributed by atoms with van der Waals surface area (Å²) in [7, 11) is 0. The van der Waals surface area contributed by atoms with Crippen molar-refractivity contribution in [3.05, 3.63) is 0 Å². The topological polar surface area (TPSA) is 326 Å². The molecule has 0 amide bonds. The van der Waals surface area contributed by atoms with Gasteiger partial charge in [0.15, 0.2) is 25.2 Å². The molecule has 2 bridgehead atoms. The van der Waals surface area contributed by atoms with E-state index in [2.05, 4.69) is 48.5 Å². The van der Waals surface area contributed by atoms with Crippen LogP contribution in [0.15, 0.2) is 0 Å². The van der Waals surface area contributed by atoms with Gasteiger partial charge < -0.3 is 104 Å². The molecule has 3 unspecified atom stereocenters. The van der Waals surface area contributed by atoms with Crippen molar-refractivity contribution in [3.8, 4) is 0 Å². The van der Waals surface area contributed by atoms with Crippen LogP contribution >= 0.6 is 0 Å². The van der Waals surface area contributed by atoms with Crippen molar-refractivity contribution >= 4 is 0 Å². The van der Waals surface area contributed by atoms with E-state index in [0.717, 1.165) is 57.8 Å². The molecule has 74 heavy (non-hydrogen) atoms. The SMILES string of the molecule is C[C@@H]1O[C@@H](O[C@H]2[C@H](O[C@H]3CO[C@@H](O[C@H]4CC[C@@]5(C)C(CC[C@]6(C)C5CC[C@]57OC[C@@]8(CCC(C)(C)CC85)[C@H](O)C[C@]76C)C4(C)C)[C@H](O[C@@H]4O[C@H](CO)[C@@H](O)[C@H](O)[C@H]4O)[C@H]3O)O[C@H](CO)[C@@H](O)[C@@H]2O)[C@H](O)[C@H](O)[C@H]1O. The van der Waals surface area contributed by atoms with Gasteiger partial charge in [-0.25, -0.2) is 0 Å². The van der Waals surface area contributed by atoms with Crippen molar-refractivity contribution in [2.24, 2.45) is 50.2 Å². The van der Waals surface area contributed by atoms with Crippen LogP contribution in [0.1, 0.15) is 120 Å². The van der Waals surface area contributed by atoms with Crippen molar-refractivity contribution in [3.63, 3.8) is 0 Å². The summed E-state index contributed by atoms with van der Waals surface area (Å²) < 4.78 is 56.4. The van der Waals surface area contributed by atoms with E-state index in [1.165, 1.54) is 6.92 Å². The summed E-state index contributed by atoms with van der Waals surface area (Å²) >= 11 is 0.